The summed E-state index contributed by atoms with van der Waals surface area (Å²) in [5, 5.41) is 4.11. The summed E-state index contributed by atoms with van der Waals surface area (Å²) in [7, 11) is 3.29. The molecule has 0 saturated carbocycles. The average Bonchev–Trinajstić information content (AvgIpc) is 2.99. The van der Waals surface area contributed by atoms with Gasteiger partial charge in [-0.15, -0.1) is 0 Å². The highest BCUT2D eigenvalue weighted by Gasteiger charge is 2.35. The van der Waals surface area contributed by atoms with Crippen molar-refractivity contribution in [1.29, 1.82) is 0 Å². The van der Waals surface area contributed by atoms with Gasteiger partial charge in [0.25, 0.3) is 5.56 Å². The number of nitrogens with one attached hydrogen (secondary N) is 1. The number of H-pyrrole nitrogens is 1. The Morgan fingerprint density at radius 1 is 1.23 bits per heavy atom. The molecule has 0 fully saturated rings. The maximum Gasteiger partial charge on any atom is 0.419 e. The van der Waals surface area contributed by atoms with Gasteiger partial charge in [-0.1, -0.05) is 19.9 Å². The highest BCUT2D eigenvalue weighted by atomic mass is 19.4. The minimum atomic E-state index is -4.83. The van der Waals surface area contributed by atoms with Crippen molar-refractivity contribution in [3.05, 3.63) is 51.2 Å². The molecule has 30 heavy (non-hydrogen) atoms. The number of rotatable bonds is 5. The van der Waals surface area contributed by atoms with Gasteiger partial charge in [-0.3, -0.25) is 9.78 Å². The zero-order valence-corrected chi connectivity index (χ0v) is 16.7. The van der Waals surface area contributed by atoms with Crippen LogP contribution in [0.1, 0.15) is 36.7 Å². The van der Waals surface area contributed by atoms with Crippen LogP contribution in [0.25, 0.3) is 11.0 Å². The molecule has 3 rings (SSSR count). The molecule has 162 valence electrons. The molecule has 1 atom stereocenters. The molecule has 0 radical (unpaired) electrons. The average molecular weight is 429 g/mol. The summed E-state index contributed by atoms with van der Waals surface area (Å²) in [6, 6.07) is 1.82. The van der Waals surface area contributed by atoms with Crippen LogP contribution in [0.5, 0.6) is 0 Å². The molecule has 0 saturated heterocycles. The van der Waals surface area contributed by atoms with Crippen molar-refractivity contribution < 1.29 is 22.0 Å². The molecular formula is C19H20F5N5O. The van der Waals surface area contributed by atoms with Crippen molar-refractivity contribution in [2.24, 2.45) is 5.92 Å². The molecule has 0 aliphatic rings. The van der Waals surface area contributed by atoms with Crippen LogP contribution in [0.4, 0.5) is 27.9 Å². The van der Waals surface area contributed by atoms with E-state index in [9.17, 15) is 26.7 Å². The van der Waals surface area contributed by atoms with Crippen LogP contribution in [0, 0.1) is 11.7 Å². The predicted molar refractivity (Wildman–Crippen MR) is 102 cm³/mol. The van der Waals surface area contributed by atoms with Crippen LogP contribution in [0.3, 0.4) is 0 Å². The third-order valence-corrected chi connectivity index (χ3v) is 4.71. The number of anilines is 1. The number of aromatic amines is 1. The zero-order chi connectivity index (χ0) is 22.4. The lowest BCUT2D eigenvalue weighted by molar-refractivity contribution is -0.140. The molecule has 0 aliphatic heterocycles. The van der Waals surface area contributed by atoms with E-state index in [1.54, 1.807) is 27.9 Å². The second kappa shape index (κ2) is 7.69. The number of nitrogens with zero attached hydrogens (tertiary/aromatic N) is 4. The summed E-state index contributed by atoms with van der Waals surface area (Å²) in [5.74, 6) is -1.52. The monoisotopic (exact) mass is 429 g/mol. The molecule has 6 nitrogen and oxygen atoms in total. The van der Waals surface area contributed by atoms with Crippen LogP contribution >= 0.6 is 0 Å². The Labute approximate surface area is 168 Å². The minimum Gasteiger partial charge on any atom is -0.348 e. The summed E-state index contributed by atoms with van der Waals surface area (Å²) in [6.45, 7) is 2.47. The van der Waals surface area contributed by atoms with Gasteiger partial charge in [0, 0.05) is 14.1 Å². The van der Waals surface area contributed by atoms with Gasteiger partial charge in [-0.25, -0.2) is 13.5 Å². The van der Waals surface area contributed by atoms with Crippen LogP contribution < -0.4 is 10.5 Å². The van der Waals surface area contributed by atoms with Crippen molar-refractivity contribution in [3.63, 3.8) is 0 Å². The molecule has 1 aromatic carbocycles. The van der Waals surface area contributed by atoms with Crippen molar-refractivity contribution in [2.75, 3.05) is 19.0 Å². The molecule has 2 aromatic heterocycles. The first-order valence-electron chi connectivity index (χ1n) is 9.07. The third kappa shape index (κ3) is 3.75. The largest absolute Gasteiger partial charge is 0.419 e. The van der Waals surface area contributed by atoms with Crippen LogP contribution in [0.15, 0.2) is 23.0 Å². The maximum absolute atomic E-state index is 14.2. The smallest absolute Gasteiger partial charge is 0.348 e. The van der Waals surface area contributed by atoms with E-state index in [0.717, 1.165) is 12.1 Å². The van der Waals surface area contributed by atoms with Crippen molar-refractivity contribution >= 4 is 17.0 Å². The van der Waals surface area contributed by atoms with E-state index in [-0.39, 0.29) is 34.2 Å². The Bertz CT molecular complexity index is 1130. The second-order valence-corrected chi connectivity index (χ2v) is 7.43. The standard InChI is InChI=1S/C19H20F5N5O/c1-9(2)15(10-5-6-11(12(21)7-10)19(22,23)24)29-16-14(13(8-20)27-29)17(30)26-18(25-16)28(3)4/h5-7,9,15H,8H2,1-4H3,(H,25,26,30)/t15-/m1/s1. The lowest BCUT2D eigenvalue weighted by atomic mass is 9.95. The first kappa shape index (κ1) is 21.7. The van der Waals surface area contributed by atoms with E-state index < -0.39 is 35.8 Å². The fourth-order valence-corrected chi connectivity index (χ4v) is 3.36. The lowest BCUT2D eigenvalue weighted by Crippen LogP contribution is -2.22. The first-order chi connectivity index (χ1) is 14.0. The molecule has 2 heterocycles. The fraction of sp³-hybridized carbons (Fsp3) is 0.421. The fourth-order valence-electron chi connectivity index (χ4n) is 3.36. The highest BCUT2D eigenvalue weighted by Crippen LogP contribution is 2.35. The number of alkyl halides is 4. The van der Waals surface area contributed by atoms with Gasteiger partial charge in [0.2, 0.25) is 5.95 Å². The molecule has 0 aliphatic carbocycles. The van der Waals surface area contributed by atoms with E-state index in [1.165, 1.54) is 9.58 Å². The summed E-state index contributed by atoms with van der Waals surface area (Å²) >= 11 is 0. The Hall–Kier alpha value is -2.98. The number of hydrogen-bond acceptors (Lipinski definition) is 4. The quantitative estimate of drug-likeness (QED) is 0.622. The Kier molecular flexibility index (Phi) is 5.57. The van der Waals surface area contributed by atoms with E-state index in [0.29, 0.717) is 6.07 Å². The van der Waals surface area contributed by atoms with Crippen LogP contribution in [-0.4, -0.2) is 33.8 Å². The van der Waals surface area contributed by atoms with Gasteiger partial charge in [0.05, 0.1) is 11.6 Å². The normalized spacial score (nSPS) is 13.3. The number of fused-ring (bicyclic) bond motifs is 1. The molecule has 11 heteroatoms. The van der Waals surface area contributed by atoms with Crippen LogP contribution in [-0.2, 0) is 12.9 Å². The van der Waals surface area contributed by atoms with Gasteiger partial charge in [-0.05, 0) is 23.6 Å². The molecule has 0 unspecified atom stereocenters. The summed E-state index contributed by atoms with van der Waals surface area (Å²) < 4.78 is 67.9. The molecule has 0 bridgehead atoms. The van der Waals surface area contributed by atoms with E-state index >= 15 is 0 Å². The number of aromatic nitrogens is 4. The molecule has 0 amide bonds. The molecule has 1 N–H and O–H groups in total. The predicted octanol–water partition coefficient (Wildman–Crippen LogP) is 4.06. The highest BCUT2D eigenvalue weighted by molar-refractivity contribution is 5.78. The van der Waals surface area contributed by atoms with E-state index in [1.807, 2.05) is 0 Å². The van der Waals surface area contributed by atoms with Gasteiger partial charge >= 0.3 is 6.18 Å². The third-order valence-electron chi connectivity index (χ3n) is 4.71. The number of hydrogen-bond donors (Lipinski definition) is 1. The number of benzene rings is 1. The summed E-state index contributed by atoms with van der Waals surface area (Å²) in [6.07, 6.45) is -4.83. The Balaban J connectivity index is 2.27. The van der Waals surface area contributed by atoms with Crippen LogP contribution in [0.2, 0.25) is 0 Å². The molecule has 0 spiro atoms. The zero-order valence-electron chi connectivity index (χ0n) is 16.7. The minimum absolute atomic E-state index is 0.0545. The van der Waals surface area contributed by atoms with Gasteiger partial charge in [0.1, 0.15) is 23.6 Å². The van der Waals surface area contributed by atoms with Crippen molar-refractivity contribution in [3.8, 4) is 0 Å². The molecular weight excluding hydrogens is 409 g/mol. The van der Waals surface area contributed by atoms with E-state index in [4.69, 9.17) is 0 Å². The van der Waals surface area contributed by atoms with Crippen molar-refractivity contribution in [1.82, 2.24) is 19.7 Å². The van der Waals surface area contributed by atoms with Gasteiger partial charge in [-0.2, -0.15) is 23.3 Å². The number of halogens is 5. The van der Waals surface area contributed by atoms with Crippen molar-refractivity contribution in [2.45, 2.75) is 32.7 Å². The lowest BCUT2D eigenvalue weighted by Gasteiger charge is -2.23. The molecule has 3 aromatic rings. The SMILES string of the molecule is CC(C)[C@H](c1ccc(C(F)(F)F)c(F)c1)n1nc(CF)c2c(=O)[nH]c(N(C)C)nc21. The first-order valence-corrected chi connectivity index (χ1v) is 9.07. The topological polar surface area (TPSA) is 66.8 Å². The van der Waals surface area contributed by atoms with Gasteiger partial charge in [0.15, 0.2) is 5.65 Å². The summed E-state index contributed by atoms with van der Waals surface area (Å²) in [4.78, 5) is 20.9. The Morgan fingerprint density at radius 2 is 1.90 bits per heavy atom. The maximum atomic E-state index is 14.2. The second-order valence-electron chi connectivity index (χ2n) is 7.43. The van der Waals surface area contributed by atoms with E-state index in [2.05, 4.69) is 15.1 Å². The Morgan fingerprint density at radius 3 is 2.40 bits per heavy atom. The summed E-state index contributed by atoms with van der Waals surface area (Å²) in [5.41, 5.74) is -1.87. The van der Waals surface area contributed by atoms with Gasteiger partial charge < -0.3 is 4.90 Å².